The average Bonchev–Trinajstić information content (AvgIpc) is 2.38. The second-order valence-corrected chi connectivity index (χ2v) is 5.65. The SMILES string of the molecule is NS(=O)(=O)c1ccccc1NC(=O)c1ccc(Cl)nn1. The third-order valence-corrected chi connectivity index (χ3v) is 3.48. The maximum atomic E-state index is 11.9. The van der Waals surface area contributed by atoms with Gasteiger partial charge in [0.1, 0.15) is 4.90 Å². The smallest absolute Gasteiger partial charge is 0.276 e. The molecule has 1 aromatic heterocycles. The number of aromatic nitrogens is 2. The molecule has 0 fully saturated rings. The minimum absolute atomic E-state index is 0.00128. The van der Waals surface area contributed by atoms with Crippen molar-refractivity contribution in [2.45, 2.75) is 4.90 Å². The van der Waals surface area contributed by atoms with Crippen LogP contribution in [0.15, 0.2) is 41.3 Å². The molecule has 0 saturated carbocycles. The second kappa shape index (κ2) is 5.53. The third kappa shape index (κ3) is 3.29. The molecule has 3 N–H and O–H groups in total. The van der Waals surface area contributed by atoms with Crippen molar-refractivity contribution in [2.75, 3.05) is 5.32 Å². The van der Waals surface area contributed by atoms with E-state index in [0.717, 1.165) is 0 Å². The molecule has 0 radical (unpaired) electrons. The number of primary sulfonamides is 1. The molecule has 104 valence electrons. The van der Waals surface area contributed by atoms with Gasteiger partial charge in [0.2, 0.25) is 10.0 Å². The number of benzene rings is 1. The lowest BCUT2D eigenvalue weighted by Crippen LogP contribution is -2.19. The number of sulfonamides is 1. The molecule has 0 saturated heterocycles. The van der Waals surface area contributed by atoms with Crippen molar-refractivity contribution in [1.82, 2.24) is 10.2 Å². The molecule has 0 atom stereocenters. The molecular weight excluding hydrogens is 304 g/mol. The summed E-state index contributed by atoms with van der Waals surface area (Å²) in [6.07, 6.45) is 0. The lowest BCUT2D eigenvalue weighted by Gasteiger charge is -2.08. The van der Waals surface area contributed by atoms with Crippen LogP contribution in [0.3, 0.4) is 0 Å². The predicted octanol–water partition coefficient (Wildman–Crippen LogP) is 1.03. The van der Waals surface area contributed by atoms with E-state index in [9.17, 15) is 13.2 Å². The summed E-state index contributed by atoms with van der Waals surface area (Å²) in [6.45, 7) is 0. The van der Waals surface area contributed by atoms with Gasteiger partial charge in [-0.15, -0.1) is 10.2 Å². The number of amides is 1. The quantitative estimate of drug-likeness (QED) is 0.878. The summed E-state index contributed by atoms with van der Waals surface area (Å²) in [6, 6.07) is 8.54. The zero-order chi connectivity index (χ0) is 14.8. The van der Waals surface area contributed by atoms with Crippen LogP contribution in [0.25, 0.3) is 0 Å². The monoisotopic (exact) mass is 312 g/mol. The van der Waals surface area contributed by atoms with Gasteiger partial charge in [0.25, 0.3) is 5.91 Å². The highest BCUT2D eigenvalue weighted by Gasteiger charge is 2.16. The molecule has 9 heteroatoms. The van der Waals surface area contributed by atoms with Crippen LogP contribution in [0.1, 0.15) is 10.5 Å². The Kier molecular flexibility index (Phi) is 3.98. The molecule has 1 aromatic carbocycles. The zero-order valence-electron chi connectivity index (χ0n) is 9.95. The van der Waals surface area contributed by atoms with Gasteiger partial charge in [0, 0.05) is 0 Å². The van der Waals surface area contributed by atoms with E-state index in [0.29, 0.717) is 0 Å². The number of nitrogens with one attached hydrogen (secondary N) is 1. The average molecular weight is 313 g/mol. The van der Waals surface area contributed by atoms with E-state index in [4.69, 9.17) is 16.7 Å². The maximum Gasteiger partial charge on any atom is 0.276 e. The highest BCUT2D eigenvalue weighted by molar-refractivity contribution is 7.89. The van der Waals surface area contributed by atoms with Crippen molar-refractivity contribution >= 4 is 33.2 Å². The third-order valence-electron chi connectivity index (χ3n) is 2.31. The molecule has 0 spiro atoms. The molecule has 1 amide bonds. The van der Waals surface area contributed by atoms with Gasteiger partial charge in [0.05, 0.1) is 5.69 Å². The molecule has 0 unspecified atom stereocenters. The van der Waals surface area contributed by atoms with Crippen LogP contribution >= 0.6 is 11.6 Å². The van der Waals surface area contributed by atoms with Crippen LogP contribution in [0, 0.1) is 0 Å². The maximum absolute atomic E-state index is 11.9. The Morgan fingerprint density at radius 2 is 1.85 bits per heavy atom. The number of anilines is 1. The van der Waals surface area contributed by atoms with Crippen molar-refractivity contribution in [2.24, 2.45) is 5.14 Å². The fourth-order valence-corrected chi connectivity index (χ4v) is 2.24. The van der Waals surface area contributed by atoms with E-state index in [1.165, 1.54) is 30.3 Å². The predicted molar refractivity (Wildman–Crippen MR) is 72.8 cm³/mol. The fourth-order valence-electron chi connectivity index (χ4n) is 1.44. The van der Waals surface area contributed by atoms with Crippen molar-refractivity contribution in [3.63, 3.8) is 0 Å². The number of hydrogen-bond donors (Lipinski definition) is 2. The van der Waals surface area contributed by atoms with Crippen molar-refractivity contribution in [3.05, 3.63) is 47.2 Å². The number of carbonyl (C=O) groups is 1. The number of halogens is 1. The molecule has 0 aliphatic rings. The van der Waals surface area contributed by atoms with Crippen LogP contribution in [0.4, 0.5) is 5.69 Å². The Hall–Kier alpha value is -2.03. The van der Waals surface area contributed by atoms with Crippen molar-refractivity contribution in [1.29, 1.82) is 0 Å². The molecule has 2 aromatic rings. The number of hydrogen-bond acceptors (Lipinski definition) is 5. The second-order valence-electron chi connectivity index (χ2n) is 3.74. The van der Waals surface area contributed by atoms with Gasteiger partial charge in [-0.25, -0.2) is 13.6 Å². The molecule has 1 heterocycles. The van der Waals surface area contributed by atoms with Crippen molar-refractivity contribution < 1.29 is 13.2 Å². The van der Waals surface area contributed by atoms with E-state index >= 15 is 0 Å². The highest BCUT2D eigenvalue weighted by atomic mass is 35.5. The zero-order valence-corrected chi connectivity index (χ0v) is 11.5. The number of carbonyl (C=O) groups excluding carboxylic acids is 1. The van der Waals surface area contributed by atoms with E-state index in [1.54, 1.807) is 6.07 Å². The van der Waals surface area contributed by atoms with Crippen LogP contribution < -0.4 is 10.5 Å². The highest BCUT2D eigenvalue weighted by Crippen LogP contribution is 2.19. The Morgan fingerprint density at radius 1 is 1.15 bits per heavy atom. The molecule has 0 bridgehead atoms. The van der Waals surface area contributed by atoms with Crippen LogP contribution in [0.2, 0.25) is 5.15 Å². The first-order chi connectivity index (χ1) is 9.38. The topological polar surface area (TPSA) is 115 Å². The molecule has 0 aliphatic carbocycles. The van der Waals surface area contributed by atoms with Gasteiger partial charge in [-0.05, 0) is 24.3 Å². The molecular formula is C11H9ClN4O3S. The summed E-state index contributed by atoms with van der Waals surface area (Å²) in [5.74, 6) is -0.620. The summed E-state index contributed by atoms with van der Waals surface area (Å²) in [7, 11) is -3.94. The first-order valence-electron chi connectivity index (χ1n) is 5.30. The minimum Gasteiger partial charge on any atom is -0.319 e. The molecule has 2 rings (SSSR count). The van der Waals surface area contributed by atoms with Crippen LogP contribution in [-0.2, 0) is 10.0 Å². The first kappa shape index (κ1) is 14.4. The molecule has 7 nitrogen and oxygen atoms in total. The van der Waals surface area contributed by atoms with Gasteiger partial charge >= 0.3 is 0 Å². The molecule has 0 aliphatic heterocycles. The van der Waals surface area contributed by atoms with Gasteiger partial charge in [-0.1, -0.05) is 23.7 Å². The summed E-state index contributed by atoms with van der Waals surface area (Å²) < 4.78 is 22.8. The largest absolute Gasteiger partial charge is 0.319 e. The summed E-state index contributed by atoms with van der Waals surface area (Å²) in [4.78, 5) is 11.7. The van der Waals surface area contributed by atoms with Crippen molar-refractivity contribution in [3.8, 4) is 0 Å². The minimum atomic E-state index is -3.94. The summed E-state index contributed by atoms with van der Waals surface area (Å²) >= 11 is 5.56. The van der Waals surface area contributed by atoms with E-state index in [1.807, 2.05) is 0 Å². The lowest BCUT2D eigenvalue weighted by atomic mass is 10.3. The number of rotatable bonds is 3. The number of nitrogens with two attached hydrogens (primary N) is 1. The van der Waals surface area contributed by atoms with Crippen LogP contribution in [0.5, 0.6) is 0 Å². The van der Waals surface area contributed by atoms with Gasteiger partial charge in [-0.2, -0.15) is 0 Å². The Balaban J connectivity index is 2.31. The van der Waals surface area contributed by atoms with E-state index in [-0.39, 0.29) is 21.4 Å². The Labute approximate surface area is 119 Å². The van der Waals surface area contributed by atoms with Gasteiger partial charge in [-0.3, -0.25) is 4.79 Å². The number of para-hydroxylation sites is 1. The van der Waals surface area contributed by atoms with E-state index < -0.39 is 15.9 Å². The normalized spacial score (nSPS) is 11.1. The fraction of sp³-hybridized carbons (Fsp3) is 0. The Morgan fingerprint density at radius 3 is 2.45 bits per heavy atom. The standard InChI is InChI=1S/C11H9ClN4O3S/c12-10-6-5-8(15-16-10)11(17)14-7-3-1-2-4-9(7)20(13,18)19/h1-6H,(H,14,17)(H2,13,18,19). The van der Waals surface area contributed by atoms with E-state index in [2.05, 4.69) is 15.5 Å². The number of nitrogens with zero attached hydrogens (tertiary/aromatic N) is 2. The first-order valence-corrected chi connectivity index (χ1v) is 7.23. The lowest BCUT2D eigenvalue weighted by molar-refractivity contribution is 0.102. The van der Waals surface area contributed by atoms with Gasteiger partial charge < -0.3 is 5.32 Å². The van der Waals surface area contributed by atoms with Gasteiger partial charge in [0.15, 0.2) is 10.8 Å². The van der Waals surface area contributed by atoms with Crippen LogP contribution in [-0.4, -0.2) is 24.5 Å². The Bertz CT molecular complexity index is 747. The summed E-state index contributed by atoms with van der Waals surface area (Å²) in [5, 5.41) is 14.7. The molecule has 20 heavy (non-hydrogen) atoms. The summed E-state index contributed by atoms with van der Waals surface area (Å²) in [5.41, 5.74) is 0.0652.